The molecule has 2 heterocycles. The molecule has 3 aromatic carbocycles. The van der Waals surface area contributed by atoms with E-state index in [1.54, 1.807) is 25.3 Å². The van der Waals surface area contributed by atoms with E-state index in [2.05, 4.69) is 11.4 Å². The number of ether oxygens (including phenoxy) is 1. The van der Waals surface area contributed by atoms with E-state index in [4.69, 9.17) is 9.72 Å². The Morgan fingerprint density at radius 2 is 1.80 bits per heavy atom. The summed E-state index contributed by atoms with van der Waals surface area (Å²) in [6, 6.07) is 26.4. The SMILES string of the molecule is COc1cccc(CNC(=O)c2cc3c(c(-c4cccc(-c5ccc(C#N)cc5)c4)n2)[C@H](CCO)N([S@@](=O)C(C)(C)C)C3)c1. The Balaban J connectivity index is 1.59. The number of hydrogen-bond acceptors (Lipinski definition) is 6. The lowest BCUT2D eigenvalue weighted by Gasteiger charge is -2.30. The van der Waals surface area contributed by atoms with Gasteiger partial charge in [-0.15, -0.1) is 0 Å². The van der Waals surface area contributed by atoms with Gasteiger partial charge in [0, 0.05) is 30.8 Å². The largest absolute Gasteiger partial charge is 0.497 e. The fourth-order valence-electron chi connectivity index (χ4n) is 5.44. The summed E-state index contributed by atoms with van der Waals surface area (Å²) >= 11 is 0. The number of aliphatic hydroxyl groups is 1. The number of nitrogens with one attached hydrogen (secondary N) is 1. The van der Waals surface area contributed by atoms with E-state index >= 15 is 0 Å². The molecule has 226 valence electrons. The first-order valence-electron chi connectivity index (χ1n) is 14.5. The fraction of sp³-hybridized carbons (Fsp3) is 0.286. The molecule has 0 unspecified atom stereocenters. The molecule has 4 aromatic rings. The fourth-order valence-corrected chi connectivity index (χ4v) is 6.85. The van der Waals surface area contributed by atoms with Crippen LogP contribution < -0.4 is 10.1 Å². The average Bonchev–Trinajstić information content (AvgIpc) is 3.40. The Bertz CT molecular complexity index is 1740. The zero-order valence-electron chi connectivity index (χ0n) is 25.3. The number of carbonyl (C=O) groups excluding carboxylic acids is 1. The minimum absolute atomic E-state index is 0.0879. The van der Waals surface area contributed by atoms with Crippen molar-refractivity contribution in [1.29, 1.82) is 5.26 Å². The number of rotatable bonds is 9. The van der Waals surface area contributed by atoms with Gasteiger partial charge in [0.05, 0.1) is 35.2 Å². The summed E-state index contributed by atoms with van der Waals surface area (Å²) in [5.74, 6) is 0.382. The highest BCUT2D eigenvalue weighted by atomic mass is 32.2. The van der Waals surface area contributed by atoms with Gasteiger partial charge in [-0.05, 0) is 85.8 Å². The second-order valence-electron chi connectivity index (χ2n) is 11.7. The summed E-state index contributed by atoms with van der Waals surface area (Å²) in [5, 5.41) is 22.3. The van der Waals surface area contributed by atoms with Crippen molar-refractivity contribution in [3.8, 4) is 34.2 Å². The van der Waals surface area contributed by atoms with Gasteiger partial charge in [-0.25, -0.2) is 13.5 Å². The van der Waals surface area contributed by atoms with E-state index in [-0.39, 0.29) is 24.2 Å². The van der Waals surface area contributed by atoms with Gasteiger partial charge in [0.2, 0.25) is 0 Å². The van der Waals surface area contributed by atoms with Gasteiger partial charge in [-0.2, -0.15) is 5.26 Å². The molecule has 8 nitrogen and oxygen atoms in total. The van der Waals surface area contributed by atoms with E-state index in [1.165, 1.54) is 0 Å². The van der Waals surface area contributed by atoms with Gasteiger partial charge in [0.15, 0.2) is 0 Å². The van der Waals surface area contributed by atoms with Crippen LogP contribution in [0.15, 0.2) is 78.9 Å². The Labute approximate surface area is 260 Å². The zero-order valence-corrected chi connectivity index (χ0v) is 26.1. The molecule has 0 radical (unpaired) electrons. The van der Waals surface area contributed by atoms with Crippen LogP contribution in [-0.2, 0) is 24.1 Å². The van der Waals surface area contributed by atoms with Crippen LogP contribution in [0.1, 0.15) is 66.0 Å². The average molecular weight is 609 g/mol. The van der Waals surface area contributed by atoms with Crippen molar-refractivity contribution in [1.82, 2.24) is 14.6 Å². The Morgan fingerprint density at radius 1 is 1.07 bits per heavy atom. The quantitative estimate of drug-likeness (QED) is 0.244. The molecule has 1 aliphatic rings. The second-order valence-corrected chi connectivity index (χ2v) is 13.9. The number of amides is 1. The smallest absolute Gasteiger partial charge is 0.270 e. The van der Waals surface area contributed by atoms with Crippen LogP contribution in [0.5, 0.6) is 5.75 Å². The maximum atomic E-state index is 13.7. The first-order chi connectivity index (χ1) is 21.1. The Hall–Kier alpha value is -4.36. The highest BCUT2D eigenvalue weighted by molar-refractivity contribution is 7.84. The molecule has 1 amide bonds. The van der Waals surface area contributed by atoms with Crippen LogP contribution in [0.4, 0.5) is 0 Å². The first-order valence-corrected chi connectivity index (χ1v) is 15.6. The molecule has 2 atom stereocenters. The highest BCUT2D eigenvalue weighted by Crippen LogP contribution is 2.44. The third-order valence-electron chi connectivity index (χ3n) is 7.59. The zero-order chi connectivity index (χ0) is 31.4. The van der Waals surface area contributed by atoms with E-state index in [0.717, 1.165) is 33.4 Å². The molecule has 0 spiro atoms. The Kier molecular flexibility index (Phi) is 9.25. The maximum Gasteiger partial charge on any atom is 0.270 e. The van der Waals surface area contributed by atoms with Gasteiger partial charge >= 0.3 is 0 Å². The minimum Gasteiger partial charge on any atom is -0.497 e. The van der Waals surface area contributed by atoms with Crippen molar-refractivity contribution >= 4 is 16.9 Å². The first kappa shape index (κ1) is 31.1. The second kappa shape index (κ2) is 13.1. The van der Waals surface area contributed by atoms with Crippen molar-refractivity contribution in [2.75, 3.05) is 13.7 Å². The van der Waals surface area contributed by atoms with Crippen molar-refractivity contribution in [2.24, 2.45) is 0 Å². The summed E-state index contributed by atoms with van der Waals surface area (Å²) in [4.78, 5) is 18.5. The number of carbonyl (C=O) groups is 1. The van der Waals surface area contributed by atoms with E-state index in [0.29, 0.717) is 36.5 Å². The summed E-state index contributed by atoms with van der Waals surface area (Å²) in [5.41, 5.74) is 6.77. The van der Waals surface area contributed by atoms with Crippen LogP contribution in [0.3, 0.4) is 0 Å². The van der Waals surface area contributed by atoms with Gasteiger partial charge in [0.1, 0.15) is 22.4 Å². The van der Waals surface area contributed by atoms with Gasteiger partial charge in [-0.1, -0.05) is 42.5 Å². The number of methoxy groups -OCH3 is 1. The molecule has 44 heavy (non-hydrogen) atoms. The van der Waals surface area contributed by atoms with Crippen LogP contribution in [0, 0.1) is 11.3 Å². The summed E-state index contributed by atoms with van der Waals surface area (Å²) in [6.07, 6.45) is 0.375. The predicted octanol–water partition coefficient (Wildman–Crippen LogP) is 5.93. The lowest BCUT2D eigenvalue weighted by molar-refractivity contribution is 0.0946. The standard InChI is InChI=1S/C35H36N4O4S/c1-35(2,3)44(42)39-22-28-19-30(34(41)37-21-24-7-5-10-29(17-24)43-4)38-33(32(28)31(39)15-16-40)27-9-6-8-26(18-27)25-13-11-23(20-36)12-14-25/h5-14,17-19,31,40H,15-16,21-22H2,1-4H3,(H,37,41)/t31-,44-/m0/s1. The van der Waals surface area contributed by atoms with Crippen molar-refractivity contribution in [3.63, 3.8) is 0 Å². The molecule has 1 aliphatic heterocycles. The molecule has 0 fully saturated rings. The summed E-state index contributed by atoms with van der Waals surface area (Å²) in [6.45, 7) is 6.37. The molecular weight excluding hydrogens is 572 g/mol. The summed E-state index contributed by atoms with van der Waals surface area (Å²) in [7, 11) is 0.236. The highest BCUT2D eigenvalue weighted by Gasteiger charge is 2.40. The number of nitrogens with zero attached hydrogens (tertiary/aromatic N) is 3. The van der Waals surface area contributed by atoms with Crippen LogP contribution in [0.25, 0.3) is 22.4 Å². The van der Waals surface area contributed by atoms with E-state index < -0.39 is 15.7 Å². The molecule has 0 saturated heterocycles. The number of pyridine rings is 1. The third-order valence-corrected chi connectivity index (χ3v) is 9.45. The van der Waals surface area contributed by atoms with Crippen molar-refractivity contribution in [3.05, 3.63) is 107 Å². The summed E-state index contributed by atoms with van der Waals surface area (Å²) < 4.78 is 20.4. The molecule has 5 rings (SSSR count). The Morgan fingerprint density at radius 3 is 2.48 bits per heavy atom. The molecule has 2 N–H and O–H groups in total. The van der Waals surface area contributed by atoms with Gasteiger partial charge in [0.25, 0.3) is 5.91 Å². The van der Waals surface area contributed by atoms with Crippen LogP contribution >= 0.6 is 0 Å². The number of hydrogen-bond donors (Lipinski definition) is 2. The molecule has 1 aromatic heterocycles. The molecule has 0 saturated carbocycles. The minimum atomic E-state index is -1.37. The van der Waals surface area contributed by atoms with Gasteiger partial charge < -0.3 is 15.2 Å². The number of fused-ring (bicyclic) bond motifs is 1. The van der Waals surface area contributed by atoms with Crippen LogP contribution in [-0.4, -0.2) is 43.0 Å². The van der Waals surface area contributed by atoms with Crippen molar-refractivity contribution < 1.29 is 18.8 Å². The molecule has 9 heteroatoms. The monoisotopic (exact) mass is 608 g/mol. The molecular formula is C35H36N4O4S. The molecule has 0 aliphatic carbocycles. The third kappa shape index (κ3) is 6.58. The lowest BCUT2D eigenvalue weighted by Crippen LogP contribution is -2.36. The lowest BCUT2D eigenvalue weighted by atomic mass is 9.94. The number of nitriles is 1. The number of benzene rings is 3. The number of aliphatic hydroxyl groups excluding tert-OH is 1. The number of aromatic nitrogens is 1. The van der Waals surface area contributed by atoms with Crippen LogP contribution in [0.2, 0.25) is 0 Å². The van der Waals surface area contributed by atoms with Crippen molar-refractivity contribution in [2.45, 2.75) is 51.1 Å². The van der Waals surface area contributed by atoms with E-state index in [9.17, 15) is 19.4 Å². The van der Waals surface area contributed by atoms with Gasteiger partial charge in [-0.3, -0.25) is 4.79 Å². The normalized spacial score (nSPS) is 15.3. The maximum absolute atomic E-state index is 13.7. The van der Waals surface area contributed by atoms with E-state index in [1.807, 2.05) is 85.7 Å². The topological polar surface area (TPSA) is 116 Å². The molecule has 0 bridgehead atoms. The predicted molar refractivity (Wildman–Crippen MR) is 172 cm³/mol.